The fraction of sp³-hybridized carbons (Fsp3) is 0.786. The average molecular weight is 288 g/mol. The predicted molar refractivity (Wildman–Crippen MR) is 79.4 cm³/mol. The highest BCUT2D eigenvalue weighted by atomic mass is 35.5. The van der Waals surface area contributed by atoms with Crippen LogP contribution in [0.3, 0.4) is 0 Å². The lowest BCUT2D eigenvalue weighted by Gasteiger charge is -2.29. The van der Waals surface area contributed by atoms with Crippen molar-refractivity contribution in [1.29, 1.82) is 0 Å². The van der Waals surface area contributed by atoms with E-state index in [0.29, 0.717) is 6.54 Å². The molecular formula is C14H26ClN3O. The first-order chi connectivity index (χ1) is 9.03. The van der Waals surface area contributed by atoms with Crippen molar-refractivity contribution in [3.8, 4) is 0 Å². The summed E-state index contributed by atoms with van der Waals surface area (Å²) in [6.07, 6.45) is 2.77. The predicted octanol–water partition coefficient (Wildman–Crippen LogP) is 2.52. The van der Waals surface area contributed by atoms with E-state index in [9.17, 15) is 5.11 Å². The number of hydrogen-bond acceptors (Lipinski definition) is 3. The molecule has 2 N–H and O–H groups in total. The van der Waals surface area contributed by atoms with Crippen molar-refractivity contribution < 1.29 is 5.11 Å². The lowest BCUT2D eigenvalue weighted by Crippen LogP contribution is -2.36. The van der Waals surface area contributed by atoms with Gasteiger partial charge in [0.2, 0.25) is 0 Å². The van der Waals surface area contributed by atoms with Crippen molar-refractivity contribution in [1.82, 2.24) is 15.1 Å². The highest BCUT2D eigenvalue weighted by Gasteiger charge is 2.25. The number of aryl methyl sites for hydroxylation is 2. The molecule has 0 fully saturated rings. The van der Waals surface area contributed by atoms with E-state index in [1.807, 2.05) is 11.7 Å². The van der Waals surface area contributed by atoms with Gasteiger partial charge in [-0.05, 0) is 19.3 Å². The maximum Gasteiger partial charge on any atom is 0.0863 e. The number of nitrogens with one attached hydrogen (secondary N) is 1. The van der Waals surface area contributed by atoms with Crippen LogP contribution in [0.1, 0.15) is 45.0 Å². The fourth-order valence-corrected chi connectivity index (χ4v) is 2.60. The Hall–Kier alpha value is -0.580. The summed E-state index contributed by atoms with van der Waals surface area (Å²) in [6, 6.07) is 0. The summed E-state index contributed by atoms with van der Waals surface area (Å²) in [5, 5.41) is 18.1. The van der Waals surface area contributed by atoms with Gasteiger partial charge in [-0.2, -0.15) is 5.10 Å². The second kappa shape index (κ2) is 7.27. The average Bonchev–Trinajstić information content (AvgIpc) is 2.71. The Labute approximate surface area is 121 Å². The Morgan fingerprint density at radius 3 is 2.37 bits per heavy atom. The minimum absolute atomic E-state index is 0.0291. The monoisotopic (exact) mass is 287 g/mol. The molecular weight excluding hydrogens is 262 g/mol. The summed E-state index contributed by atoms with van der Waals surface area (Å²) in [5.41, 5.74) is 1.93. The van der Waals surface area contributed by atoms with Gasteiger partial charge in [0, 0.05) is 32.2 Å². The van der Waals surface area contributed by atoms with Crippen LogP contribution in [0.4, 0.5) is 0 Å². The molecule has 1 rings (SSSR count). The van der Waals surface area contributed by atoms with E-state index in [1.54, 1.807) is 0 Å². The van der Waals surface area contributed by atoms with Crippen molar-refractivity contribution in [3.63, 3.8) is 0 Å². The van der Waals surface area contributed by atoms with Crippen LogP contribution in [0, 0.1) is 5.41 Å². The van der Waals surface area contributed by atoms with Gasteiger partial charge in [0.05, 0.1) is 16.4 Å². The second-order valence-electron chi connectivity index (χ2n) is 5.15. The molecule has 1 aromatic heterocycles. The van der Waals surface area contributed by atoms with Crippen LogP contribution in [0.25, 0.3) is 0 Å². The van der Waals surface area contributed by atoms with Crippen molar-refractivity contribution in [2.24, 2.45) is 12.5 Å². The number of rotatable bonds is 8. The summed E-state index contributed by atoms with van der Waals surface area (Å²) in [6.45, 7) is 7.98. The summed E-state index contributed by atoms with van der Waals surface area (Å²) in [7, 11) is 1.92. The van der Waals surface area contributed by atoms with E-state index in [4.69, 9.17) is 11.6 Å². The van der Waals surface area contributed by atoms with Crippen LogP contribution >= 0.6 is 11.6 Å². The van der Waals surface area contributed by atoms with Gasteiger partial charge in [0.1, 0.15) is 0 Å². The Morgan fingerprint density at radius 1 is 1.32 bits per heavy atom. The first-order valence-electron chi connectivity index (χ1n) is 7.05. The Balaban J connectivity index is 2.65. The van der Waals surface area contributed by atoms with E-state index < -0.39 is 0 Å². The molecule has 0 aromatic carbocycles. The van der Waals surface area contributed by atoms with Gasteiger partial charge in [-0.1, -0.05) is 32.4 Å². The molecule has 110 valence electrons. The summed E-state index contributed by atoms with van der Waals surface area (Å²) >= 11 is 6.31. The molecule has 0 amide bonds. The van der Waals surface area contributed by atoms with Gasteiger partial charge in [0.25, 0.3) is 0 Å². The molecule has 1 aromatic rings. The van der Waals surface area contributed by atoms with Crippen molar-refractivity contribution in [2.45, 2.75) is 46.6 Å². The molecule has 0 atom stereocenters. The van der Waals surface area contributed by atoms with Gasteiger partial charge in [-0.15, -0.1) is 0 Å². The van der Waals surface area contributed by atoms with Gasteiger partial charge < -0.3 is 10.4 Å². The zero-order valence-corrected chi connectivity index (χ0v) is 13.2. The maximum atomic E-state index is 9.54. The first-order valence-corrected chi connectivity index (χ1v) is 7.43. The Morgan fingerprint density at radius 2 is 1.95 bits per heavy atom. The molecule has 0 aliphatic rings. The molecule has 0 aliphatic heterocycles. The topological polar surface area (TPSA) is 50.1 Å². The Kier molecular flexibility index (Phi) is 6.30. The lowest BCUT2D eigenvalue weighted by atomic mass is 9.83. The number of aliphatic hydroxyl groups is 1. The van der Waals surface area contributed by atoms with Crippen LogP contribution in [-0.2, 0) is 20.0 Å². The van der Waals surface area contributed by atoms with Crippen molar-refractivity contribution >= 4 is 11.6 Å². The highest BCUT2D eigenvalue weighted by molar-refractivity contribution is 6.31. The quantitative estimate of drug-likeness (QED) is 0.772. The van der Waals surface area contributed by atoms with Gasteiger partial charge in [-0.25, -0.2) is 0 Å². The summed E-state index contributed by atoms with van der Waals surface area (Å²) < 4.78 is 1.84. The summed E-state index contributed by atoms with van der Waals surface area (Å²) in [5.74, 6) is 0. The third-order valence-corrected chi connectivity index (χ3v) is 4.57. The van der Waals surface area contributed by atoms with Crippen LogP contribution in [0.15, 0.2) is 0 Å². The van der Waals surface area contributed by atoms with Crippen LogP contribution in [0.5, 0.6) is 0 Å². The largest absolute Gasteiger partial charge is 0.396 e. The molecule has 0 saturated heterocycles. The second-order valence-corrected chi connectivity index (χ2v) is 5.53. The molecule has 4 nitrogen and oxygen atoms in total. The SMILES string of the molecule is CCc1nn(C)c(CNCC(CC)(CC)CO)c1Cl. The molecule has 1 heterocycles. The Bertz CT molecular complexity index is 391. The smallest absolute Gasteiger partial charge is 0.0863 e. The lowest BCUT2D eigenvalue weighted by molar-refractivity contribution is 0.113. The third kappa shape index (κ3) is 3.71. The minimum Gasteiger partial charge on any atom is -0.396 e. The van der Waals surface area contributed by atoms with Gasteiger partial charge >= 0.3 is 0 Å². The zero-order valence-electron chi connectivity index (χ0n) is 12.5. The maximum absolute atomic E-state index is 9.54. The van der Waals surface area contributed by atoms with E-state index in [1.165, 1.54) is 0 Å². The van der Waals surface area contributed by atoms with Crippen LogP contribution < -0.4 is 5.32 Å². The first kappa shape index (κ1) is 16.5. The molecule has 0 saturated carbocycles. The number of hydrogen-bond donors (Lipinski definition) is 2. The van der Waals surface area contributed by atoms with Crippen molar-refractivity contribution in [2.75, 3.05) is 13.2 Å². The van der Waals surface area contributed by atoms with Gasteiger partial charge in [0.15, 0.2) is 0 Å². The number of halogens is 1. The molecule has 5 heteroatoms. The molecule has 19 heavy (non-hydrogen) atoms. The minimum atomic E-state index is -0.0291. The number of aromatic nitrogens is 2. The van der Waals surface area contributed by atoms with E-state index in [-0.39, 0.29) is 12.0 Å². The zero-order chi connectivity index (χ0) is 14.5. The highest BCUT2D eigenvalue weighted by Crippen LogP contribution is 2.25. The normalized spacial score (nSPS) is 12.1. The molecule has 0 bridgehead atoms. The summed E-state index contributed by atoms with van der Waals surface area (Å²) in [4.78, 5) is 0. The standard InChI is InChI=1S/C14H26ClN3O/c1-5-11-13(15)12(18(4)17-11)8-16-9-14(6-2,7-3)10-19/h16,19H,5-10H2,1-4H3. The molecule has 0 radical (unpaired) electrons. The molecule has 0 unspecified atom stereocenters. The van der Waals surface area contributed by atoms with Crippen LogP contribution in [-0.4, -0.2) is 28.0 Å². The van der Waals surface area contributed by atoms with Crippen LogP contribution in [0.2, 0.25) is 5.02 Å². The van der Waals surface area contributed by atoms with E-state index in [2.05, 4.69) is 31.2 Å². The van der Waals surface area contributed by atoms with E-state index >= 15 is 0 Å². The molecule has 0 aliphatic carbocycles. The number of nitrogens with zero attached hydrogens (tertiary/aromatic N) is 2. The molecule has 0 spiro atoms. The third-order valence-electron chi connectivity index (χ3n) is 4.13. The number of aliphatic hydroxyl groups excluding tert-OH is 1. The van der Waals surface area contributed by atoms with E-state index in [0.717, 1.165) is 42.2 Å². The van der Waals surface area contributed by atoms with Gasteiger partial charge in [-0.3, -0.25) is 4.68 Å². The van der Waals surface area contributed by atoms with Crippen molar-refractivity contribution in [3.05, 3.63) is 16.4 Å². The fourth-order valence-electron chi connectivity index (χ4n) is 2.24.